The average Bonchev–Trinajstić information content (AvgIpc) is 2.58. The third kappa shape index (κ3) is 3.65. The maximum absolute atomic E-state index is 12.5. The van der Waals surface area contributed by atoms with Gasteiger partial charge in [-0.2, -0.15) is 0 Å². The molecule has 5 nitrogen and oxygen atoms in total. The first-order chi connectivity index (χ1) is 12.2. The predicted octanol–water partition coefficient (Wildman–Crippen LogP) is 2.80. The van der Waals surface area contributed by atoms with E-state index in [1.807, 2.05) is 23.3 Å². The van der Waals surface area contributed by atoms with Crippen molar-refractivity contribution in [3.8, 4) is 5.88 Å². The number of nitrogens with zero attached hydrogens (tertiary/aromatic N) is 3. The molecule has 1 aromatic rings. The Morgan fingerprint density at radius 2 is 2.00 bits per heavy atom. The summed E-state index contributed by atoms with van der Waals surface area (Å²) in [4.78, 5) is 21.6. The summed E-state index contributed by atoms with van der Waals surface area (Å²) in [6, 6.07) is 4.60. The van der Waals surface area contributed by atoms with Gasteiger partial charge in [0, 0.05) is 38.2 Å². The van der Waals surface area contributed by atoms with Gasteiger partial charge >= 0.3 is 0 Å². The molecule has 1 amide bonds. The molecule has 6 heteroatoms. The van der Waals surface area contributed by atoms with Crippen LogP contribution < -0.4 is 4.74 Å². The van der Waals surface area contributed by atoms with E-state index in [-0.39, 0.29) is 12.0 Å². The molecule has 25 heavy (non-hydrogen) atoms. The van der Waals surface area contributed by atoms with Gasteiger partial charge in [-0.05, 0) is 38.0 Å². The summed E-state index contributed by atoms with van der Waals surface area (Å²) in [5, 5.41) is 0. The Hall–Kier alpha value is -1.27. The maximum Gasteiger partial charge on any atom is 0.256 e. The lowest BCUT2D eigenvalue weighted by Crippen LogP contribution is -2.46. The van der Waals surface area contributed by atoms with E-state index in [2.05, 4.69) is 9.88 Å². The number of rotatable bonds is 5. The number of hydrogen-bond donors (Lipinski definition) is 0. The van der Waals surface area contributed by atoms with E-state index in [9.17, 15) is 4.79 Å². The van der Waals surface area contributed by atoms with Crippen LogP contribution in [-0.4, -0.2) is 64.6 Å². The van der Waals surface area contributed by atoms with Crippen molar-refractivity contribution in [2.24, 2.45) is 0 Å². The fourth-order valence-corrected chi connectivity index (χ4v) is 4.56. The van der Waals surface area contributed by atoms with Gasteiger partial charge in [-0.1, -0.05) is 6.42 Å². The van der Waals surface area contributed by atoms with Crippen molar-refractivity contribution >= 4 is 17.7 Å². The van der Waals surface area contributed by atoms with E-state index < -0.39 is 0 Å². The molecule has 2 aliphatic heterocycles. The summed E-state index contributed by atoms with van der Waals surface area (Å²) in [5.74, 6) is 1.53. The van der Waals surface area contributed by atoms with Gasteiger partial charge in [0.05, 0.1) is 17.1 Å². The van der Waals surface area contributed by atoms with Crippen molar-refractivity contribution in [2.45, 2.75) is 50.7 Å². The summed E-state index contributed by atoms with van der Waals surface area (Å²) < 4.78 is 6.14. The summed E-state index contributed by atoms with van der Waals surface area (Å²) in [5.41, 5.74) is 1.64. The molecule has 4 rings (SSSR count). The second-order valence-electron chi connectivity index (χ2n) is 7.32. The maximum atomic E-state index is 12.5. The number of likely N-dealkylation sites (tertiary alicyclic amines) is 1. The molecule has 136 valence electrons. The van der Waals surface area contributed by atoms with Gasteiger partial charge < -0.3 is 14.5 Å². The zero-order chi connectivity index (χ0) is 17.2. The summed E-state index contributed by atoms with van der Waals surface area (Å²) in [7, 11) is 0. The lowest BCUT2D eigenvalue weighted by atomic mass is 9.90. The first kappa shape index (κ1) is 17.2. The number of thioether (sulfide) groups is 1. The highest BCUT2D eigenvalue weighted by Gasteiger charge is 2.30. The van der Waals surface area contributed by atoms with Crippen LogP contribution in [0, 0.1) is 0 Å². The molecule has 1 saturated carbocycles. The van der Waals surface area contributed by atoms with Gasteiger partial charge in [0.2, 0.25) is 5.88 Å². The van der Waals surface area contributed by atoms with Crippen LogP contribution in [0.25, 0.3) is 0 Å². The molecule has 0 aromatic carbocycles. The Labute approximate surface area is 154 Å². The number of amides is 1. The van der Waals surface area contributed by atoms with Crippen LogP contribution in [-0.2, 0) is 6.42 Å². The van der Waals surface area contributed by atoms with Crippen LogP contribution in [0.4, 0.5) is 0 Å². The third-order valence-electron chi connectivity index (χ3n) is 5.72. The van der Waals surface area contributed by atoms with E-state index in [0.29, 0.717) is 5.88 Å². The molecular weight excluding hydrogens is 334 g/mol. The number of pyridine rings is 1. The van der Waals surface area contributed by atoms with Crippen molar-refractivity contribution < 1.29 is 9.53 Å². The smallest absolute Gasteiger partial charge is 0.256 e. The Morgan fingerprint density at radius 1 is 1.20 bits per heavy atom. The van der Waals surface area contributed by atoms with Crippen molar-refractivity contribution in [1.29, 1.82) is 0 Å². The van der Waals surface area contributed by atoms with Gasteiger partial charge in [-0.25, -0.2) is 4.98 Å². The fourth-order valence-electron chi connectivity index (χ4n) is 4.01. The van der Waals surface area contributed by atoms with Crippen LogP contribution in [0.1, 0.15) is 48.2 Å². The second kappa shape index (κ2) is 7.54. The van der Waals surface area contributed by atoms with Crippen molar-refractivity contribution in [2.75, 3.05) is 31.8 Å². The monoisotopic (exact) mass is 361 g/mol. The Bertz CT molecular complexity index is 627. The number of fused-ring (bicyclic) bond motifs is 1. The minimum atomic E-state index is 0.100. The predicted molar refractivity (Wildman–Crippen MR) is 100 cm³/mol. The van der Waals surface area contributed by atoms with Crippen LogP contribution >= 0.6 is 11.8 Å². The summed E-state index contributed by atoms with van der Waals surface area (Å²) in [6.07, 6.45) is 9.40. The topological polar surface area (TPSA) is 45.7 Å². The number of piperidine rings is 1. The number of carbonyl (C=O) groups excluding carboxylic acids is 1. The van der Waals surface area contributed by atoms with Crippen LogP contribution in [0.15, 0.2) is 12.1 Å². The minimum Gasteiger partial charge on any atom is -0.474 e. The normalized spacial score (nSPS) is 22.6. The molecule has 0 unspecified atom stereocenters. The highest BCUT2D eigenvalue weighted by molar-refractivity contribution is 7.98. The van der Waals surface area contributed by atoms with Crippen molar-refractivity contribution in [3.63, 3.8) is 0 Å². The molecule has 3 heterocycles. The van der Waals surface area contributed by atoms with E-state index in [1.165, 1.54) is 19.3 Å². The first-order valence-electron chi connectivity index (χ1n) is 9.43. The van der Waals surface area contributed by atoms with E-state index in [0.717, 1.165) is 62.1 Å². The molecule has 1 saturated heterocycles. The molecule has 0 N–H and O–H groups in total. The van der Waals surface area contributed by atoms with Crippen LogP contribution in [0.2, 0.25) is 0 Å². The molecule has 0 bridgehead atoms. The Balaban J connectivity index is 1.36. The number of hydrogen-bond acceptors (Lipinski definition) is 5. The van der Waals surface area contributed by atoms with Crippen molar-refractivity contribution in [1.82, 2.24) is 14.8 Å². The van der Waals surface area contributed by atoms with Gasteiger partial charge in [0.1, 0.15) is 6.10 Å². The average molecular weight is 362 g/mol. The standard InChI is InChI=1S/C19H27N3O2S/c1-25-13-22-12-9-17-16(19(22)23)5-6-18(20-17)24-15-7-10-21(11-8-15)14-3-2-4-14/h5-6,14-15H,2-4,7-13H2,1H3. The zero-order valence-corrected chi connectivity index (χ0v) is 15.8. The first-order valence-corrected chi connectivity index (χ1v) is 10.8. The SMILES string of the molecule is CSCN1CCc2nc(OC3CCN(C4CCC4)CC3)ccc2C1=O. The fraction of sp³-hybridized carbons (Fsp3) is 0.684. The van der Waals surface area contributed by atoms with Gasteiger partial charge in [0.15, 0.2) is 0 Å². The van der Waals surface area contributed by atoms with Crippen LogP contribution in [0.5, 0.6) is 5.88 Å². The zero-order valence-electron chi connectivity index (χ0n) is 14.9. The number of ether oxygens (including phenoxy) is 1. The number of aromatic nitrogens is 1. The highest BCUT2D eigenvalue weighted by Crippen LogP contribution is 2.29. The summed E-state index contributed by atoms with van der Waals surface area (Å²) in [6.45, 7) is 3.04. The largest absolute Gasteiger partial charge is 0.474 e. The van der Waals surface area contributed by atoms with E-state index in [4.69, 9.17) is 4.74 Å². The second-order valence-corrected chi connectivity index (χ2v) is 8.15. The molecule has 2 fully saturated rings. The van der Waals surface area contributed by atoms with Crippen LogP contribution in [0.3, 0.4) is 0 Å². The summed E-state index contributed by atoms with van der Waals surface area (Å²) >= 11 is 1.68. The molecule has 1 aliphatic carbocycles. The van der Waals surface area contributed by atoms with Crippen molar-refractivity contribution in [3.05, 3.63) is 23.4 Å². The van der Waals surface area contributed by atoms with Gasteiger partial charge in [-0.15, -0.1) is 11.8 Å². The minimum absolute atomic E-state index is 0.100. The van der Waals surface area contributed by atoms with E-state index >= 15 is 0 Å². The van der Waals surface area contributed by atoms with E-state index in [1.54, 1.807) is 11.8 Å². The lowest BCUT2D eigenvalue weighted by molar-refractivity contribution is 0.0473. The molecule has 0 atom stereocenters. The quantitative estimate of drug-likeness (QED) is 0.807. The van der Waals surface area contributed by atoms with Gasteiger partial charge in [0.25, 0.3) is 5.91 Å². The molecule has 3 aliphatic rings. The Morgan fingerprint density at radius 3 is 2.68 bits per heavy atom. The lowest BCUT2D eigenvalue weighted by Gasteiger charge is -2.41. The third-order valence-corrected chi connectivity index (χ3v) is 6.29. The Kier molecular flexibility index (Phi) is 5.17. The molecule has 0 radical (unpaired) electrons. The highest BCUT2D eigenvalue weighted by atomic mass is 32.2. The number of carbonyl (C=O) groups is 1. The van der Waals surface area contributed by atoms with Gasteiger partial charge in [-0.3, -0.25) is 4.79 Å². The molecular formula is C19H27N3O2S. The molecule has 1 aromatic heterocycles. The molecule has 0 spiro atoms.